The largest absolute Gasteiger partial charge is 0.335 e. The van der Waals surface area contributed by atoms with Crippen LogP contribution in [0.25, 0.3) is 38.8 Å². The van der Waals surface area contributed by atoms with Crippen molar-refractivity contribution in [2.75, 3.05) is 6.67 Å². The first-order chi connectivity index (χ1) is 20.1. The highest BCUT2D eigenvalue weighted by Crippen LogP contribution is 2.43. The quantitative estimate of drug-likeness (QED) is 0.151. The first kappa shape index (κ1) is 27.2. The van der Waals surface area contributed by atoms with Gasteiger partial charge in [-0.1, -0.05) is 79.0 Å². The summed E-state index contributed by atoms with van der Waals surface area (Å²) < 4.78 is 31.9. The Kier molecular flexibility index (Phi) is 7.89. The monoisotopic (exact) mass is 567 g/mol. The molecule has 0 saturated carbocycles. The summed E-state index contributed by atoms with van der Waals surface area (Å²) in [4.78, 5) is 0. The minimum Gasteiger partial charge on any atom is -0.335 e. The van der Waals surface area contributed by atoms with Crippen molar-refractivity contribution in [2.24, 2.45) is 0 Å². The fourth-order valence-corrected chi connectivity index (χ4v) is 6.17. The van der Waals surface area contributed by atoms with Crippen LogP contribution < -0.4 is 0 Å². The zero-order valence-corrected chi connectivity index (χ0v) is 23.8. The Morgan fingerprint density at radius 1 is 0.829 bits per heavy atom. The van der Waals surface area contributed by atoms with Crippen LogP contribution in [0.1, 0.15) is 42.4 Å². The van der Waals surface area contributed by atoms with Crippen LogP contribution in [-0.4, -0.2) is 21.0 Å². The van der Waals surface area contributed by atoms with Crippen LogP contribution in [0.3, 0.4) is 0 Å². The van der Waals surface area contributed by atoms with Gasteiger partial charge in [0.15, 0.2) is 0 Å². The number of halogens is 3. The molecule has 0 aliphatic rings. The van der Waals surface area contributed by atoms with Crippen molar-refractivity contribution in [1.29, 1.82) is 0 Å². The molecule has 0 bridgehead atoms. The molecule has 6 aromatic rings. The average molecular weight is 568 g/mol. The molecule has 0 spiro atoms. The summed E-state index contributed by atoms with van der Waals surface area (Å²) >= 11 is 7.25. The lowest BCUT2D eigenvalue weighted by atomic mass is 10.0. The molecule has 0 aliphatic heterocycles. The molecule has 3 nitrogen and oxygen atoms in total. The molecular formula is C35H32ClF2N3. The van der Waals surface area contributed by atoms with Gasteiger partial charge in [-0.05, 0) is 67.6 Å². The number of benzene rings is 4. The van der Waals surface area contributed by atoms with Gasteiger partial charge < -0.3 is 4.57 Å². The number of aromatic nitrogens is 3. The van der Waals surface area contributed by atoms with Crippen molar-refractivity contribution in [3.05, 3.63) is 119 Å². The van der Waals surface area contributed by atoms with E-state index in [4.69, 9.17) is 16.7 Å². The molecule has 0 aliphatic carbocycles. The first-order valence-corrected chi connectivity index (χ1v) is 14.6. The molecule has 4 aromatic carbocycles. The number of unbranched alkanes of at least 4 members (excludes halogenated alkanes) is 3. The molecule has 208 valence electrons. The van der Waals surface area contributed by atoms with E-state index in [-0.39, 0.29) is 12.5 Å². The minimum atomic E-state index is -0.271. The fourth-order valence-electron chi connectivity index (χ4n) is 5.77. The molecule has 2 heterocycles. The minimum absolute atomic E-state index is 0.224. The van der Waals surface area contributed by atoms with E-state index < -0.39 is 0 Å². The van der Waals surface area contributed by atoms with Crippen LogP contribution in [0.15, 0.2) is 91.1 Å². The van der Waals surface area contributed by atoms with Crippen molar-refractivity contribution in [1.82, 2.24) is 14.3 Å². The summed E-state index contributed by atoms with van der Waals surface area (Å²) in [5, 5.41) is 7.21. The summed E-state index contributed by atoms with van der Waals surface area (Å²) in [7, 11) is 0. The SMILES string of the molecule is Cc1ccccc1-c1c(Cl)c2c3cnn(-c4ccccc4)c3ccc2n1Cc1ccc(CCCCCCF)cc1F. The lowest BCUT2D eigenvalue weighted by Crippen LogP contribution is -2.05. The second kappa shape index (κ2) is 11.9. The average Bonchev–Trinajstić information content (AvgIpc) is 3.54. The van der Waals surface area contributed by atoms with Crippen LogP contribution in [0.5, 0.6) is 0 Å². The highest BCUT2D eigenvalue weighted by molar-refractivity contribution is 6.40. The standard InChI is InChI=1S/C35H32ClF2N3/c1-24-11-8-9-15-28(24)35-34(36)33-29-22-39-41(27-13-6-4-7-14-27)31(29)18-19-32(33)40(35)23-26-17-16-25(21-30(26)38)12-5-2-3-10-20-37/h4,6-9,11,13-19,21-22H,2-3,5,10,12,20,23H2,1H3. The van der Waals surface area contributed by atoms with Gasteiger partial charge in [-0.15, -0.1) is 0 Å². The zero-order chi connectivity index (χ0) is 28.3. The van der Waals surface area contributed by atoms with E-state index in [1.165, 1.54) is 0 Å². The van der Waals surface area contributed by atoms with Gasteiger partial charge in [-0.2, -0.15) is 5.10 Å². The first-order valence-electron chi connectivity index (χ1n) is 14.2. The predicted octanol–water partition coefficient (Wildman–Crippen LogP) is 9.87. The maximum atomic E-state index is 15.5. The topological polar surface area (TPSA) is 22.8 Å². The number of rotatable bonds is 10. The molecule has 0 radical (unpaired) electrons. The van der Waals surface area contributed by atoms with Gasteiger partial charge in [0.2, 0.25) is 0 Å². The van der Waals surface area contributed by atoms with Crippen molar-refractivity contribution >= 4 is 33.4 Å². The van der Waals surface area contributed by atoms with Gasteiger partial charge in [0.1, 0.15) is 5.82 Å². The number of alkyl halides is 1. The van der Waals surface area contributed by atoms with Gasteiger partial charge >= 0.3 is 0 Å². The van der Waals surface area contributed by atoms with Crippen LogP contribution in [0.4, 0.5) is 8.78 Å². The summed E-state index contributed by atoms with van der Waals surface area (Å²) in [6, 6.07) is 27.9. The Morgan fingerprint density at radius 2 is 1.59 bits per heavy atom. The number of hydrogen-bond acceptors (Lipinski definition) is 1. The summed E-state index contributed by atoms with van der Waals surface area (Å²) in [6.45, 7) is 2.14. The molecule has 0 N–H and O–H groups in total. The Hall–Kier alpha value is -3.96. The highest BCUT2D eigenvalue weighted by Gasteiger charge is 2.23. The zero-order valence-electron chi connectivity index (χ0n) is 23.1. The molecule has 0 saturated heterocycles. The molecule has 6 heteroatoms. The van der Waals surface area contributed by atoms with E-state index in [0.717, 1.165) is 75.6 Å². The van der Waals surface area contributed by atoms with Crippen molar-refractivity contribution in [2.45, 2.75) is 45.6 Å². The van der Waals surface area contributed by atoms with E-state index in [2.05, 4.69) is 35.8 Å². The van der Waals surface area contributed by atoms with Gasteiger partial charge in [0.25, 0.3) is 0 Å². The van der Waals surface area contributed by atoms with Crippen molar-refractivity contribution < 1.29 is 8.78 Å². The Balaban J connectivity index is 1.45. The van der Waals surface area contributed by atoms with Crippen molar-refractivity contribution in [3.63, 3.8) is 0 Å². The van der Waals surface area contributed by atoms with E-state index in [0.29, 0.717) is 23.6 Å². The molecule has 41 heavy (non-hydrogen) atoms. The van der Waals surface area contributed by atoms with Gasteiger partial charge in [0.05, 0.1) is 46.9 Å². The molecular weight excluding hydrogens is 536 g/mol. The summed E-state index contributed by atoms with van der Waals surface area (Å²) in [5.74, 6) is -0.224. The number of aryl methyl sites for hydroxylation is 2. The maximum Gasteiger partial charge on any atom is 0.128 e. The normalized spacial score (nSPS) is 11.6. The number of fused-ring (bicyclic) bond motifs is 3. The molecule has 0 atom stereocenters. The van der Waals surface area contributed by atoms with E-state index in [9.17, 15) is 4.39 Å². The molecule has 2 aromatic heterocycles. The van der Waals surface area contributed by atoms with E-state index in [1.54, 1.807) is 6.07 Å². The van der Waals surface area contributed by atoms with Crippen LogP contribution >= 0.6 is 11.6 Å². The summed E-state index contributed by atoms with van der Waals surface area (Å²) in [5.41, 5.74) is 7.43. The third-order valence-electron chi connectivity index (χ3n) is 7.92. The molecule has 6 rings (SSSR count). The van der Waals surface area contributed by atoms with Gasteiger partial charge in [-0.25, -0.2) is 9.07 Å². The highest BCUT2D eigenvalue weighted by atomic mass is 35.5. The third-order valence-corrected chi connectivity index (χ3v) is 8.28. The van der Waals surface area contributed by atoms with Gasteiger partial charge in [0, 0.05) is 21.9 Å². The summed E-state index contributed by atoms with van der Waals surface area (Å²) in [6.07, 6.45) is 6.02. The lowest BCUT2D eigenvalue weighted by Gasteiger charge is -2.15. The van der Waals surface area contributed by atoms with Crippen molar-refractivity contribution in [3.8, 4) is 16.9 Å². The number of nitrogens with zero attached hydrogens (tertiary/aromatic N) is 3. The molecule has 0 unspecified atom stereocenters. The Labute approximate surface area is 244 Å². The van der Waals surface area contributed by atoms with Crippen LogP contribution in [-0.2, 0) is 13.0 Å². The number of para-hydroxylation sites is 1. The smallest absolute Gasteiger partial charge is 0.128 e. The fraction of sp³-hybridized carbons (Fsp3) is 0.229. The second-order valence-electron chi connectivity index (χ2n) is 10.6. The predicted molar refractivity (Wildman–Crippen MR) is 165 cm³/mol. The molecule has 0 fully saturated rings. The number of hydrogen-bond donors (Lipinski definition) is 0. The van der Waals surface area contributed by atoms with Crippen LogP contribution in [0.2, 0.25) is 5.02 Å². The second-order valence-corrected chi connectivity index (χ2v) is 11.0. The lowest BCUT2D eigenvalue weighted by molar-refractivity contribution is 0.453. The van der Waals surface area contributed by atoms with E-state index >= 15 is 4.39 Å². The van der Waals surface area contributed by atoms with E-state index in [1.807, 2.05) is 65.5 Å². The maximum absolute atomic E-state index is 15.5. The Morgan fingerprint density at radius 3 is 2.37 bits per heavy atom. The van der Waals surface area contributed by atoms with Gasteiger partial charge in [-0.3, -0.25) is 4.39 Å². The van der Waals surface area contributed by atoms with Crippen LogP contribution in [0, 0.1) is 12.7 Å². The third kappa shape index (κ3) is 5.27. The molecule has 0 amide bonds. The Bertz CT molecular complexity index is 1820.